The SMILES string of the molecule is Cc1ccc(F)cc1C(=O)N1CC(N)(C(C)C)C1. The summed E-state index contributed by atoms with van der Waals surface area (Å²) >= 11 is 0. The van der Waals surface area contributed by atoms with Crippen molar-refractivity contribution in [3.8, 4) is 0 Å². The third-order valence-corrected chi connectivity index (χ3v) is 3.84. The van der Waals surface area contributed by atoms with E-state index in [4.69, 9.17) is 5.73 Å². The van der Waals surface area contributed by atoms with Gasteiger partial charge >= 0.3 is 0 Å². The standard InChI is InChI=1S/C14H19FN2O/c1-9(2)14(16)7-17(8-14)13(18)12-6-11(15)5-4-10(12)3/h4-6,9H,7-8,16H2,1-3H3. The van der Waals surface area contributed by atoms with Crippen molar-refractivity contribution < 1.29 is 9.18 Å². The fourth-order valence-corrected chi connectivity index (χ4v) is 2.17. The summed E-state index contributed by atoms with van der Waals surface area (Å²) in [6, 6.07) is 4.29. The van der Waals surface area contributed by atoms with Crippen LogP contribution in [0.2, 0.25) is 0 Å². The lowest BCUT2D eigenvalue weighted by Crippen LogP contribution is -2.71. The topological polar surface area (TPSA) is 46.3 Å². The second kappa shape index (κ2) is 4.35. The summed E-state index contributed by atoms with van der Waals surface area (Å²) in [6.45, 7) is 6.99. The molecular formula is C14H19FN2O. The van der Waals surface area contributed by atoms with Crippen molar-refractivity contribution in [3.05, 3.63) is 35.1 Å². The highest BCUT2D eigenvalue weighted by molar-refractivity contribution is 5.96. The molecule has 0 unspecified atom stereocenters. The van der Waals surface area contributed by atoms with Gasteiger partial charge < -0.3 is 10.6 Å². The zero-order chi connectivity index (χ0) is 13.5. The maximum Gasteiger partial charge on any atom is 0.254 e. The number of benzene rings is 1. The molecule has 0 spiro atoms. The Kier molecular flexibility index (Phi) is 3.15. The zero-order valence-electron chi connectivity index (χ0n) is 11.0. The molecule has 1 aromatic rings. The van der Waals surface area contributed by atoms with Gasteiger partial charge in [-0.2, -0.15) is 0 Å². The van der Waals surface area contributed by atoms with Gasteiger partial charge in [0.25, 0.3) is 5.91 Å². The average molecular weight is 250 g/mol. The maximum atomic E-state index is 13.2. The van der Waals surface area contributed by atoms with Crippen LogP contribution in [0.5, 0.6) is 0 Å². The van der Waals surface area contributed by atoms with E-state index < -0.39 is 0 Å². The Morgan fingerprint density at radius 1 is 1.44 bits per heavy atom. The van der Waals surface area contributed by atoms with Crippen LogP contribution >= 0.6 is 0 Å². The predicted molar refractivity (Wildman–Crippen MR) is 68.8 cm³/mol. The number of rotatable bonds is 2. The minimum Gasteiger partial charge on any atom is -0.335 e. The molecule has 0 saturated carbocycles. The second-order valence-electron chi connectivity index (χ2n) is 5.51. The lowest BCUT2D eigenvalue weighted by atomic mass is 9.80. The number of hydrogen-bond acceptors (Lipinski definition) is 2. The normalized spacial score (nSPS) is 17.8. The van der Waals surface area contributed by atoms with Gasteiger partial charge in [-0.15, -0.1) is 0 Å². The third-order valence-electron chi connectivity index (χ3n) is 3.84. The Morgan fingerprint density at radius 2 is 2.06 bits per heavy atom. The molecule has 4 heteroatoms. The van der Waals surface area contributed by atoms with Crippen molar-refractivity contribution in [2.45, 2.75) is 26.3 Å². The quantitative estimate of drug-likeness (QED) is 0.872. The molecule has 0 atom stereocenters. The first-order chi connectivity index (χ1) is 8.33. The van der Waals surface area contributed by atoms with E-state index in [1.165, 1.54) is 12.1 Å². The summed E-state index contributed by atoms with van der Waals surface area (Å²) in [7, 11) is 0. The molecule has 18 heavy (non-hydrogen) atoms. The molecule has 0 bridgehead atoms. The highest BCUT2D eigenvalue weighted by Gasteiger charge is 2.44. The first-order valence-corrected chi connectivity index (χ1v) is 6.18. The molecule has 0 aromatic heterocycles. The maximum absolute atomic E-state index is 13.2. The van der Waals surface area contributed by atoms with Crippen molar-refractivity contribution >= 4 is 5.91 Å². The highest BCUT2D eigenvalue weighted by Crippen LogP contribution is 2.28. The highest BCUT2D eigenvalue weighted by atomic mass is 19.1. The molecule has 1 aliphatic heterocycles. The Morgan fingerprint density at radius 3 is 2.61 bits per heavy atom. The molecule has 1 aromatic carbocycles. The Hall–Kier alpha value is -1.42. The fraction of sp³-hybridized carbons (Fsp3) is 0.500. The number of likely N-dealkylation sites (tertiary alicyclic amines) is 1. The van der Waals surface area contributed by atoms with Crippen LogP contribution in [-0.4, -0.2) is 29.4 Å². The first-order valence-electron chi connectivity index (χ1n) is 6.18. The lowest BCUT2D eigenvalue weighted by Gasteiger charge is -2.50. The Bertz CT molecular complexity index is 479. The second-order valence-corrected chi connectivity index (χ2v) is 5.51. The van der Waals surface area contributed by atoms with Crippen molar-refractivity contribution in [2.75, 3.05) is 13.1 Å². The Labute approximate surface area is 107 Å². The van der Waals surface area contributed by atoms with Crippen molar-refractivity contribution in [3.63, 3.8) is 0 Å². The number of aryl methyl sites for hydroxylation is 1. The molecule has 0 aliphatic carbocycles. The molecule has 1 heterocycles. The summed E-state index contributed by atoms with van der Waals surface area (Å²) in [5.74, 6) is -0.184. The van der Waals surface area contributed by atoms with Gasteiger partial charge in [0.15, 0.2) is 0 Å². The average Bonchev–Trinajstić information content (AvgIpc) is 2.27. The zero-order valence-corrected chi connectivity index (χ0v) is 11.0. The van der Waals surface area contributed by atoms with Crippen LogP contribution in [0.3, 0.4) is 0 Å². The van der Waals surface area contributed by atoms with Crippen LogP contribution in [0.1, 0.15) is 29.8 Å². The number of nitrogens with two attached hydrogens (primary N) is 1. The van der Waals surface area contributed by atoms with E-state index in [1.807, 2.05) is 6.92 Å². The molecule has 1 saturated heterocycles. The fourth-order valence-electron chi connectivity index (χ4n) is 2.17. The van der Waals surface area contributed by atoms with E-state index in [1.54, 1.807) is 11.0 Å². The third kappa shape index (κ3) is 2.12. The number of amides is 1. The van der Waals surface area contributed by atoms with E-state index >= 15 is 0 Å². The molecular weight excluding hydrogens is 231 g/mol. The van der Waals surface area contributed by atoms with E-state index in [-0.39, 0.29) is 17.3 Å². The number of carbonyl (C=O) groups excluding carboxylic acids is 1. The van der Waals surface area contributed by atoms with Gasteiger partial charge in [-0.25, -0.2) is 4.39 Å². The van der Waals surface area contributed by atoms with E-state index in [0.717, 1.165) is 5.56 Å². The van der Waals surface area contributed by atoms with Gasteiger partial charge in [-0.05, 0) is 30.5 Å². The molecule has 1 aliphatic rings. The molecule has 3 nitrogen and oxygen atoms in total. The minimum atomic E-state index is -0.382. The predicted octanol–water partition coefficient (Wildman–Crippen LogP) is 1.94. The van der Waals surface area contributed by atoms with Crippen LogP contribution < -0.4 is 5.73 Å². The lowest BCUT2D eigenvalue weighted by molar-refractivity contribution is 0.0274. The van der Waals surface area contributed by atoms with E-state index in [2.05, 4.69) is 13.8 Å². The Balaban J connectivity index is 2.13. The molecule has 2 N–H and O–H groups in total. The first kappa shape index (κ1) is 13.0. The smallest absolute Gasteiger partial charge is 0.254 e. The van der Waals surface area contributed by atoms with Crippen molar-refractivity contribution in [1.82, 2.24) is 4.90 Å². The van der Waals surface area contributed by atoms with Crippen LogP contribution in [0.4, 0.5) is 4.39 Å². The van der Waals surface area contributed by atoms with Crippen LogP contribution in [0, 0.1) is 18.7 Å². The van der Waals surface area contributed by atoms with Gasteiger partial charge in [0.1, 0.15) is 5.82 Å². The van der Waals surface area contributed by atoms with Gasteiger partial charge in [-0.3, -0.25) is 4.79 Å². The number of nitrogens with zero attached hydrogens (tertiary/aromatic N) is 1. The van der Waals surface area contributed by atoms with Crippen molar-refractivity contribution in [2.24, 2.45) is 11.7 Å². The van der Waals surface area contributed by atoms with Gasteiger partial charge in [0, 0.05) is 18.7 Å². The van der Waals surface area contributed by atoms with Crippen molar-refractivity contribution in [1.29, 1.82) is 0 Å². The van der Waals surface area contributed by atoms with E-state index in [0.29, 0.717) is 24.6 Å². The monoisotopic (exact) mass is 250 g/mol. The van der Waals surface area contributed by atoms with Gasteiger partial charge in [0.2, 0.25) is 0 Å². The summed E-state index contributed by atoms with van der Waals surface area (Å²) in [4.78, 5) is 13.9. The molecule has 1 amide bonds. The molecule has 2 rings (SSSR count). The molecule has 0 radical (unpaired) electrons. The largest absolute Gasteiger partial charge is 0.335 e. The summed E-state index contributed by atoms with van der Waals surface area (Å²) in [6.07, 6.45) is 0. The summed E-state index contributed by atoms with van der Waals surface area (Å²) in [5, 5.41) is 0. The molecule has 98 valence electrons. The minimum absolute atomic E-state index is 0.131. The van der Waals surface area contributed by atoms with Gasteiger partial charge in [-0.1, -0.05) is 19.9 Å². The number of carbonyl (C=O) groups is 1. The molecule has 1 fully saturated rings. The van der Waals surface area contributed by atoms with E-state index in [9.17, 15) is 9.18 Å². The van der Waals surface area contributed by atoms with Crippen LogP contribution in [0.15, 0.2) is 18.2 Å². The van der Waals surface area contributed by atoms with Gasteiger partial charge in [0.05, 0.1) is 5.54 Å². The van der Waals surface area contributed by atoms with Crippen LogP contribution in [0.25, 0.3) is 0 Å². The van der Waals surface area contributed by atoms with Crippen LogP contribution in [-0.2, 0) is 0 Å². The number of halogens is 1. The summed E-state index contributed by atoms with van der Waals surface area (Å²) < 4.78 is 13.2. The summed E-state index contributed by atoms with van der Waals surface area (Å²) in [5.41, 5.74) is 7.08. The number of hydrogen-bond donors (Lipinski definition) is 1.